The molecule has 0 saturated heterocycles. The standard InChI is InChI=1S/C17H15N7O2/c1-23-10-11(9-20-23)21-17-19-7-5-15(22-17)24-8-6-12-13(24)3-2-4-14(12)26-16(18)25/h2-10H,1H3,(H2,18,25)(H,19,21,22). The van der Waals surface area contributed by atoms with Gasteiger partial charge < -0.3 is 20.4 Å². The molecule has 0 unspecified atom stereocenters. The second kappa shape index (κ2) is 6.20. The summed E-state index contributed by atoms with van der Waals surface area (Å²) in [5.74, 6) is 1.51. The van der Waals surface area contributed by atoms with Crippen LogP contribution in [0.4, 0.5) is 16.4 Å². The summed E-state index contributed by atoms with van der Waals surface area (Å²) in [6, 6.07) is 9.00. The molecule has 0 aliphatic rings. The zero-order valence-corrected chi connectivity index (χ0v) is 13.8. The minimum atomic E-state index is -0.852. The predicted molar refractivity (Wildman–Crippen MR) is 95.6 cm³/mol. The SMILES string of the molecule is Cn1cc(Nc2nccc(-n3ccc4c(OC(N)=O)cccc43)n2)cn1. The van der Waals surface area contributed by atoms with Crippen LogP contribution in [-0.4, -0.2) is 30.4 Å². The average Bonchev–Trinajstić information content (AvgIpc) is 3.21. The highest BCUT2D eigenvalue weighted by molar-refractivity contribution is 5.89. The van der Waals surface area contributed by atoms with Crippen molar-refractivity contribution in [3.8, 4) is 11.6 Å². The molecule has 130 valence electrons. The van der Waals surface area contributed by atoms with E-state index in [-0.39, 0.29) is 0 Å². The molecule has 0 atom stereocenters. The number of aromatic nitrogens is 5. The average molecular weight is 349 g/mol. The lowest BCUT2D eigenvalue weighted by Crippen LogP contribution is -2.16. The number of hydrogen-bond donors (Lipinski definition) is 2. The van der Waals surface area contributed by atoms with Crippen molar-refractivity contribution in [2.45, 2.75) is 0 Å². The highest BCUT2D eigenvalue weighted by Gasteiger charge is 2.11. The molecule has 9 heteroatoms. The van der Waals surface area contributed by atoms with Crippen molar-refractivity contribution in [3.63, 3.8) is 0 Å². The maximum Gasteiger partial charge on any atom is 0.409 e. The van der Waals surface area contributed by atoms with E-state index in [1.54, 1.807) is 35.3 Å². The first-order chi connectivity index (χ1) is 12.6. The lowest BCUT2D eigenvalue weighted by Gasteiger charge is -2.08. The molecule has 1 amide bonds. The van der Waals surface area contributed by atoms with Gasteiger partial charge in [0.15, 0.2) is 0 Å². The van der Waals surface area contributed by atoms with Gasteiger partial charge in [0.1, 0.15) is 11.6 Å². The second-order valence-corrected chi connectivity index (χ2v) is 5.56. The number of fused-ring (bicyclic) bond motifs is 1. The van der Waals surface area contributed by atoms with Crippen molar-refractivity contribution in [1.29, 1.82) is 0 Å². The van der Waals surface area contributed by atoms with Gasteiger partial charge in [-0.3, -0.25) is 4.68 Å². The smallest absolute Gasteiger partial charge is 0.409 e. The van der Waals surface area contributed by atoms with Gasteiger partial charge in [-0.1, -0.05) is 6.07 Å². The molecular weight excluding hydrogens is 334 g/mol. The molecule has 0 aliphatic carbocycles. The van der Waals surface area contributed by atoms with E-state index in [1.807, 2.05) is 36.1 Å². The zero-order chi connectivity index (χ0) is 18.1. The van der Waals surface area contributed by atoms with Crippen molar-refractivity contribution in [3.05, 3.63) is 55.1 Å². The largest absolute Gasteiger partial charge is 0.410 e. The third-order valence-electron chi connectivity index (χ3n) is 3.75. The van der Waals surface area contributed by atoms with Crippen LogP contribution in [0.2, 0.25) is 0 Å². The van der Waals surface area contributed by atoms with Crippen LogP contribution in [0.5, 0.6) is 5.75 Å². The van der Waals surface area contributed by atoms with Gasteiger partial charge in [-0.05, 0) is 24.3 Å². The first kappa shape index (κ1) is 15.6. The summed E-state index contributed by atoms with van der Waals surface area (Å²) in [4.78, 5) is 19.8. The second-order valence-electron chi connectivity index (χ2n) is 5.56. The first-order valence-electron chi connectivity index (χ1n) is 7.76. The highest BCUT2D eigenvalue weighted by Crippen LogP contribution is 2.28. The molecule has 3 heterocycles. The minimum Gasteiger partial charge on any atom is -0.410 e. The summed E-state index contributed by atoms with van der Waals surface area (Å²) in [6.07, 6.45) is 6.17. The summed E-state index contributed by atoms with van der Waals surface area (Å²) >= 11 is 0. The molecule has 0 spiro atoms. The molecule has 4 aromatic rings. The third kappa shape index (κ3) is 2.93. The number of anilines is 2. The van der Waals surface area contributed by atoms with Crippen LogP contribution in [0.3, 0.4) is 0 Å². The van der Waals surface area contributed by atoms with Crippen molar-refractivity contribution >= 4 is 28.6 Å². The van der Waals surface area contributed by atoms with E-state index in [9.17, 15) is 4.79 Å². The quantitative estimate of drug-likeness (QED) is 0.585. The number of benzene rings is 1. The summed E-state index contributed by atoms with van der Waals surface area (Å²) in [5.41, 5.74) is 6.74. The van der Waals surface area contributed by atoms with E-state index in [2.05, 4.69) is 20.4 Å². The van der Waals surface area contributed by atoms with Gasteiger partial charge >= 0.3 is 6.09 Å². The number of rotatable bonds is 4. The summed E-state index contributed by atoms with van der Waals surface area (Å²) in [6.45, 7) is 0. The maximum absolute atomic E-state index is 11.1. The van der Waals surface area contributed by atoms with Gasteiger partial charge in [0.2, 0.25) is 5.95 Å². The van der Waals surface area contributed by atoms with Crippen LogP contribution >= 0.6 is 0 Å². The first-order valence-corrected chi connectivity index (χ1v) is 7.76. The molecule has 26 heavy (non-hydrogen) atoms. The van der Waals surface area contributed by atoms with Crippen LogP contribution < -0.4 is 15.8 Å². The fraction of sp³-hybridized carbons (Fsp3) is 0.0588. The summed E-state index contributed by atoms with van der Waals surface area (Å²) < 4.78 is 8.61. The highest BCUT2D eigenvalue weighted by atomic mass is 16.5. The van der Waals surface area contributed by atoms with Crippen molar-refractivity contribution in [2.75, 3.05) is 5.32 Å². The van der Waals surface area contributed by atoms with Gasteiger partial charge in [0.25, 0.3) is 0 Å². The molecule has 3 aromatic heterocycles. The number of amides is 1. The van der Waals surface area contributed by atoms with Crippen LogP contribution in [-0.2, 0) is 7.05 Å². The number of primary amides is 1. The summed E-state index contributed by atoms with van der Waals surface area (Å²) in [7, 11) is 1.83. The van der Waals surface area contributed by atoms with Crippen LogP contribution in [0.15, 0.2) is 55.1 Å². The van der Waals surface area contributed by atoms with E-state index in [4.69, 9.17) is 10.5 Å². The Morgan fingerprint density at radius 2 is 2.15 bits per heavy atom. The van der Waals surface area contributed by atoms with E-state index in [1.165, 1.54) is 0 Å². The van der Waals surface area contributed by atoms with Crippen LogP contribution in [0.1, 0.15) is 0 Å². The molecule has 0 radical (unpaired) electrons. The Morgan fingerprint density at radius 1 is 1.27 bits per heavy atom. The fourth-order valence-corrected chi connectivity index (χ4v) is 2.69. The number of carbonyl (C=O) groups is 1. The number of aryl methyl sites for hydroxylation is 1. The number of hydrogen-bond acceptors (Lipinski definition) is 6. The Kier molecular flexibility index (Phi) is 3.73. The van der Waals surface area contributed by atoms with E-state index < -0.39 is 6.09 Å². The van der Waals surface area contributed by atoms with Crippen molar-refractivity contribution in [1.82, 2.24) is 24.3 Å². The Morgan fingerprint density at radius 3 is 2.92 bits per heavy atom. The van der Waals surface area contributed by atoms with Crippen molar-refractivity contribution < 1.29 is 9.53 Å². The Labute approximate surface area is 148 Å². The lowest BCUT2D eigenvalue weighted by molar-refractivity contribution is 0.211. The van der Waals surface area contributed by atoms with Crippen molar-refractivity contribution in [2.24, 2.45) is 12.8 Å². The van der Waals surface area contributed by atoms with Crippen LogP contribution in [0, 0.1) is 0 Å². The number of nitrogens with zero attached hydrogens (tertiary/aromatic N) is 5. The van der Waals surface area contributed by atoms with Crippen LogP contribution in [0.25, 0.3) is 16.7 Å². The Balaban J connectivity index is 1.71. The number of carbonyl (C=O) groups excluding carboxylic acids is 1. The number of nitrogens with two attached hydrogens (primary N) is 1. The fourth-order valence-electron chi connectivity index (χ4n) is 2.69. The molecular formula is C17H15N7O2. The van der Waals surface area contributed by atoms with Gasteiger partial charge in [0.05, 0.1) is 17.4 Å². The molecule has 4 rings (SSSR count). The van der Waals surface area contributed by atoms with Gasteiger partial charge in [-0.15, -0.1) is 0 Å². The molecule has 0 fully saturated rings. The molecule has 0 bridgehead atoms. The molecule has 0 aliphatic heterocycles. The van der Waals surface area contributed by atoms with Gasteiger partial charge in [-0.25, -0.2) is 9.78 Å². The maximum atomic E-state index is 11.1. The molecule has 0 saturated carbocycles. The predicted octanol–water partition coefficient (Wildman–Crippen LogP) is 2.36. The molecule has 9 nitrogen and oxygen atoms in total. The van der Waals surface area contributed by atoms with Gasteiger partial charge in [-0.2, -0.15) is 10.1 Å². The minimum absolute atomic E-state index is 0.400. The van der Waals surface area contributed by atoms with Gasteiger partial charge in [0, 0.05) is 31.0 Å². The topological polar surface area (TPSA) is 113 Å². The Bertz CT molecular complexity index is 1100. The summed E-state index contributed by atoms with van der Waals surface area (Å²) in [5, 5.41) is 7.97. The van der Waals surface area contributed by atoms with E-state index in [0.29, 0.717) is 17.5 Å². The lowest BCUT2D eigenvalue weighted by atomic mass is 10.2. The monoisotopic (exact) mass is 349 g/mol. The third-order valence-corrected chi connectivity index (χ3v) is 3.75. The molecule has 1 aromatic carbocycles. The van der Waals surface area contributed by atoms with E-state index >= 15 is 0 Å². The number of nitrogens with one attached hydrogen (secondary N) is 1. The normalized spacial score (nSPS) is 10.8. The Hall–Kier alpha value is -3.88. The molecule has 3 N–H and O–H groups in total. The number of ether oxygens (including phenoxy) is 1. The zero-order valence-electron chi connectivity index (χ0n) is 13.8. The van der Waals surface area contributed by atoms with E-state index in [0.717, 1.165) is 16.6 Å².